The number of hydrogen-bond acceptors (Lipinski definition) is 4. The topological polar surface area (TPSA) is 51.3 Å². The van der Waals surface area contributed by atoms with Crippen molar-refractivity contribution in [2.75, 3.05) is 11.4 Å². The zero-order chi connectivity index (χ0) is 18.1. The molecule has 4 rings (SSSR count). The van der Waals surface area contributed by atoms with E-state index in [9.17, 15) is 4.79 Å². The molecule has 5 nitrogen and oxygen atoms in total. The summed E-state index contributed by atoms with van der Waals surface area (Å²) in [6.07, 6.45) is 5.68. The highest BCUT2D eigenvalue weighted by Crippen LogP contribution is 2.30. The van der Waals surface area contributed by atoms with E-state index in [0.717, 1.165) is 36.0 Å². The van der Waals surface area contributed by atoms with Crippen molar-refractivity contribution in [2.24, 2.45) is 7.05 Å². The van der Waals surface area contributed by atoms with E-state index in [4.69, 9.17) is 4.42 Å². The first-order chi connectivity index (χ1) is 12.6. The summed E-state index contributed by atoms with van der Waals surface area (Å²) in [5.74, 6) is 1.76. The van der Waals surface area contributed by atoms with Gasteiger partial charge >= 0.3 is 0 Å². The largest absolute Gasteiger partial charge is 0.455 e. The predicted octanol–water partition coefficient (Wildman–Crippen LogP) is 4.21. The molecule has 0 radical (unpaired) electrons. The van der Waals surface area contributed by atoms with Crippen molar-refractivity contribution in [3.05, 3.63) is 65.4 Å². The maximum Gasteiger partial charge on any atom is 0.293 e. The molecule has 3 heterocycles. The highest BCUT2D eigenvalue weighted by Gasteiger charge is 2.25. The molecule has 0 bridgehead atoms. The van der Waals surface area contributed by atoms with Gasteiger partial charge < -0.3 is 13.9 Å². The highest BCUT2D eigenvalue weighted by molar-refractivity contribution is 7.98. The Morgan fingerprint density at radius 1 is 1.31 bits per heavy atom. The van der Waals surface area contributed by atoms with Gasteiger partial charge in [0.1, 0.15) is 5.76 Å². The van der Waals surface area contributed by atoms with Crippen LogP contribution in [-0.2, 0) is 19.2 Å². The zero-order valence-corrected chi connectivity index (χ0v) is 15.8. The normalized spacial score (nSPS) is 13.7. The summed E-state index contributed by atoms with van der Waals surface area (Å²) < 4.78 is 7.79. The minimum absolute atomic E-state index is 0.0666. The summed E-state index contributed by atoms with van der Waals surface area (Å²) in [6.45, 7) is 2.81. The van der Waals surface area contributed by atoms with Crippen LogP contribution in [0.5, 0.6) is 0 Å². The first-order valence-electron chi connectivity index (χ1n) is 8.72. The molecule has 0 saturated heterocycles. The van der Waals surface area contributed by atoms with Crippen molar-refractivity contribution < 1.29 is 9.21 Å². The van der Waals surface area contributed by atoms with E-state index in [0.29, 0.717) is 11.5 Å². The van der Waals surface area contributed by atoms with Crippen molar-refractivity contribution in [1.82, 2.24) is 9.55 Å². The number of thioether (sulfide) groups is 1. The smallest absolute Gasteiger partial charge is 0.293 e. The third-order valence-corrected chi connectivity index (χ3v) is 5.67. The van der Waals surface area contributed by atoms with Crippen LogP contribution < -0.4 is 4.90 Å². The number of hydrogen-bond donors (Lipinski definition) is 0. The van der Waals surface area contributed by atoms with Gasteiger partial charge in [0.2, 0.25) is 0 Å². The Labute approximate surface area is 157 Å². The molecule has 0 atom stereocenters. The van der Waals surface area contributed by atoms with Crippen LogP contribution in [0.25, 0.3) is 0 Å². The quantitative estimate of drug-likeness (QED) is 0.648. The molecule has 134 valence electrons. The molecule has 6 heteroatoms. The second-order valence-electron chi connectivity index (χ2n) is 6.57. The lowest BCUT2D eigenvalue weighted by Gasteiger charge is -2.29. The minimum Gasteiger partial charge on any atom is -0.455 e. The predicted molar refractivity (Wildman–Crippen MR) is 103 cm³/mol. The second-order valence-corrected chi connectivity index (χ2v) is 7.51. The van der Waals surface area contributed by atoms with Crippen LogP contribution in [0.2, 0.25) is 0 Å². The fourth-order valence-electron chi connectivity index (χ4n) is 3.27. The number of fused-ring (bicyclic) bond motifs is 1. The molecule has 0 unspecified atom stereocenters. The molecule has 0 aliphatic carbocycles. The van der Waals surface area contributed by atoms with Crippen LogP contribution in [0.15, 0.2) is 52.3 Å². The lowest BCUT2D eigenvalue weighted by Crippen LogP contribution is -2.35. The Morgan fingerprint density at radius 3 is 3.00 bits per heavy atom. The molecule has 1 aromatic carbocycles. The molecule has 1 amide bonds. The van der Waals surface area contributed by atoms with E-state index in [2.05, 4.69) is 24.0 Å². The molecule has 0 N–H and O–H groups in total. The van der Waals surface area contributed by atoms with Gasteiger partial charge in [0.05, 0.1) is 5.75 Å². The van der Waals surface area contributed by atoms with Crippen molar-refractivity contribution >= 4 is 23.4 Å². The molecule has 0 saturated carbocycles. The van der Waals surface area contributed by atoms with Crippen LogP contribution in [0, 0.1) is 6.92 Å². The van der Waals surface area contributed by atoms with Gasteiger partial charge in [-0.2, -0.15) is 0 Å². The fourth-order valence-corrected chi connectivity index (χ4v) is 4.09. The summed E-state index contributed by atoms with van der Waals surface area (Å²) in [4.78, 5) is 19.1. The Bertz CT molecular complexity index is 944. The number of imidazole rings is 1. The van der Waals surface area contributed by atoms with E-state index in [1.807, 2.05) is 34.8 Å². The number of amides is 1. The number of benzene rings is 1. The number of carbonyl (C=O) groups is 1. The molecule has 0 spiro atoms. The minimum atomic E-state index is -0.0666. The number of aryl methyl sites for hydroxylation is 3. The van der Waals surface area contributed by atoms with Crippen LogP contribution >= 0.6 is 11.8 Å². The number of anilines is 1. The highest BCUT2D eigenvalue weighted by atomic mass is 32.2. The van der Waals surface area contributed by atoms with Crippen molar-refractivity contribution in [2.45, 2.75) is 30.7 Å². The third kappa shape index (κ3) is 3.29. The fraction of sp³-hybridized carbons (Fsp3) is 0.300. The van der Waals surface area contributed by atoms with E-state index >= 15 is 0 Å². The van der Waals surface area contributed by atoms with Crippen LogP contribution in [0.4, 0.5) is 5.69 Å². The van der Waals surface area contributed by atoms with Crippen LogP contribution in [-0.4, -0.2) is 22.0 Å². The van der Waals surface area contributed by atoms with Gasteiger partial charge in [0.25, 0.3) is 5.91 Å². The van der Waals surface area contributed by atoms with E-state index in [1.54, 1.807) is 24.0 Å². The van der Waals surface area contributed by atoms with Gasteiger partial charge in [-0.15, -0.1) is 0 Å². The summed E-state index contributed by atoms with van der Waals surface area (Å²) >= 11 is 1.59. The number of nitrogens with zero attached hydrogens (tertiary/aromatic N) is 3. The Hall–Kier alpha value is -2.47. The maximum absolute atomic E-state index is 13.0. The van der Waals surface area contributed by atoms with Gasteiger partial charge in [-0.25, -0.2) is 4.98 Å². The van der Waals surface area contributed by atoms with Crippen LogP contribution in [0.1, 0.15) is 33.9 Å². The lowest BCUT2D eigenvalue weighted by molar-refractivity contribution is 0.0957. The van der Waals surface area contributed by atoms with E-state index < -0.39 is 0 Å². The summed E-state index contributed by atoms with van der Waals surface area (Å²) in [5, 5.41) is 0.926. The molecule has 1 aliphatic rings. The molecular weight excluding hydrogens is 346 g/mol. The summed E-state index contributed by atoms with van der Waals surface area (Å²) in [6, 6.07) is 9.93. The SMILES string of the molecule is Cc1ccc2c(c1)CCCN2C(=O)c1ccc(CSc2nccn2C)o1. The first-order valence-corrected chi connectivity index (χ1v) is 9.70. The van der Waals surface area contributed by atoms with Crippen molar-refractivity contribution in [3.8, 4) is 0 Å². The van der Waals surface area contributed by atoms with Crippen molar-refractivity contribution in [1.29, 1.82) is 0 Å². The monoisotopic (exact) mass is 367 g/mol. The van der Waals surface area contributed by atoms with Gasteiger partial charge in [0.15, 0.2) is 10.9 Å². The van der Waals surface area contributed by atoms with Gasteiger partial charge in [-0.05, 0) is 43.5 Å². The van der Waals surface area contributed by atoms with Crippen molar-refractivity contribution in [3.63, 3.8) is 0 Å². The Kier molecular flexibility index (Phi) is 4.59. The molecule has 3 aromatic rings. The molecule has 26 heavy (non-hydrogen) atoms. The van der Waals surface area contributed by atoms with Gasteiger partial charge in [-0.3, -0.25) is 4.79 Å². The zero-order valence-electron chi connectivity index (χ0n) is 14.9. The first kappa shape index (κ1) is 17.0. The molecule has 0 fully saturated rings. The lowest BCUT2D eigenvalue weighted by atomic mass is 9.99. The summed E-state index contributed by atoms with van der Waals surface area (Å²) in [5.41, 5.74) is 3.47. The van der Waals surface area contributed by atoms with E-state index in [-0.39, 0.29) is 5.91 Å². The standard InChI is InChI=1S/C20H21N3O2S/c1-14-5-7-17-15(12-14)4-3-10-23(17)19(24)18-8-6-16(25-18)13-26-20-21-9-11-22(20)2/h5-9,11-12H,3-4,10,13H2,1-2H3. The maximum atomic E-state index is 13.0. The van der Waals surface area contributed by atoms with Gasteiger partial charge in [0, 0.05) is 31.7 Å². The van der Waals surface area contributed by atoms with Crippen LogP contribution in [0.3, 0.4) is 0 Å². The average Bonchev–Trinajstić information content (AvgIpc) is 3.27. The number of rotatable bonds is 4. The summed E-state index contributed by atoms with van der Waals surface area (Å²) in [7, 11) is 1.96. The Balaban J connectivity index is 1.50. The number of aromatic nitrogens is 2. The number of carbonyl (C=O) groups excluding carboxylic acids is 1. The number of furan rings is 1. The molecule has 2 aromatic heterocycles. The van der Waals surface area contributed by atoms with E-state index in [1.165, 1.54) is 11.1 Å². The van der Waals surface area contributed by atoms with Gasteiger partial charge in [-0.1, -0.05) is 29.5 Å². The average molecular weight is 367 g/mol. The molecule has 1 aliphatic heterocycles. The Morgan fingerprint density at radius 2 is 2.19 bits per heavy atom. The second kappa shape index (κ2) is 7.03. The molecular formula is C20H21N3O2S. The third-order valence-electron chi connectivity index (χ3n) is 4.59.